The molecule has 0 aliphatic heterocycles. The maximum atomic E-state index is 5.23. The number of hydrogen-bond donors (Lipinski definition) is 0. The molecule has 0 aliphatic carbocycles. The smallest absolute Gasteiger partial charge is 0.164 e. The van der Waals surface area contributed by atoms with Crippen LogP contribution in [0.15, 0.2) is 73.1 Å². The van der Waals surface area contributed by atoms with Crippen molar-refractivity contribution in [2.24, 2.45) is 0 Å². The molecular weight excluding hydrogens is 276 g/mol. The molecule has 2 nitrogen and oxygen atoms in total. The van der Waals surface area contributed by atoms with Crippen molar-refractivity contribution in [3.8, 4) is 11.5 Å². The van der Waals surface area contributed by atoms with Crippen LogP contribution in [0.2, 0.25) is 0 Å². The van der Waals surface area contributed by atoms with E-state index in [2.05, 4.69) is 37.4 Å². The first-order chi connectivity index (χ1) is 10.2. The number of methoxy groups -OCH3 is 2. The highest BCUT2D eigenvalue weighted by Crippen LogP contribution is 2.15. The van der Waals surface area contributed by atoms with Crippen molar-refractivity contribution in [1.29, 1.82) is 0 Å². The molecule has 0 saturated carbocycles. The van der Waals surface area contributed by atoms with Crippen molar-refractivity contribution in [3.63, 3.8) is 0 Å². The Labute approximate surface area is 127 Å². The molecule has 0 heterocycles. The summed E-state index contributed by atoms with van der Waals surface area (Å²) >= 11 is 0. The molecule has 2 aromatic carbocycles. The van der Waals surface area contributed by atoms with E-state index in [1.807, 2.05) is 35.7 Å². The van der Waals surface area contributed by atoms with E-state index < -0.39 is 8.07 Å². The van der Waals surface area contributed by atoms with Crippen LogP contribution in [0.5, 0.6) is 11.5 Å². The zero-order valence-electron chi connectivity index (χ0n) is 12.5. The van der Waals surface area contributed by atoms with Crippen molar-refractivity contribution in [2.75, 3.05) is 14.2 Å². The van der Waals surface area contributed by atoms with Crippen molar-refractivity contribution < 1.29 is 9.47 Å². The summed E-state index contributed by atoms with van der Waals surface area (Å²) in [7, 11) is 1.19. The third-order valence-electron chi connectivity index (χ3n) is 3.78. The zero-order valence-corrected chi connectivity index (χ0v) is 13.5. The third kappa shape index (κ3) is 2.78. The van der Waals surface area contributed by atoms with Gasteiger partial charge in [0.2, 0.25) is 0 Å². The van der Waals surface area contributed by atoms with Crippen LogP contribution in [0.4, 0.5) is 0 Å². The van der Waals surface area contributed by atoms with Crippen LogP contribution in [0.25, 0.3) is 0 Å². The summed E-state index contributed by atoms with van der Waals surface area (Å²) < 4.78 is 10.5. The first-order valence-electron chi connectivity index (χ1n) is 6.76. The summed E-state index contributed by atoms with van der Waals surface area (Å²) in [5.74, 6) is 1.70. The van der Waals surface area contributed by atoms with E-state index in [0.29, 0.717) is 0 Å². The van der Waals surface area contributed by atoms with E-state index in [0.717, 1.165) is 11.5 Å². The van der Waals surface area contributed by atoms with Crippen LogP contribution in [0.1, 0.15) is 0 Å². The van der Waals surface area contributed by atoms with Gasteiger partial charge >= 0.3 is 0 Å². The SMILES string of the molecule is C=C[Si](C=C)(c1ccc(OC)cc1)c1ccc(OC)cc1. The van der Waals surface area contributed by atoms with Crippen molar-refractivity contribution >= 4 is 18.4 Å². The minimum atomic E-state index is -2.15. The Hall–Kier alpha value is -2.26. The van der Waals surface area contributed by atoms with Crippen molar-refractivity contribution in [1.82, 2.24) is 0 Å². The highest BCUT2D eigenvalue weighted by molar-refractivity contribution is 7.09. The van der Waals surface area contributed by atoms with E-state index in [4.69, 9.17) is 9.47 Å². The molecule has 2 aromatic rings. The predicted molar refractivity (Wildman–Crippen MR) is 91.4 cm³/mol. The minimum absolute atomic E-state index is 0.851. The first-order valence-corrected chi connectivity index (χ1v) is 8.92. The van der Waals surface area contributed by atoms with Gasteiger partial charge in [0.25, 0.3) is 0 Å². The molecule has 0 fully saturated rings. The number of hydrogen-bond acceptors (Lipinski definition) is 2. The average Bonchev–Trinajstić information content (AvgIpc) is 2.57. The fourth-order valence-electron chi connectivity index (χ4n) is 2.46. The van der Waals surface area contributed by atoms with Crippen LogP contribution in [-0.4, -0.2) is 22.3 Å². The number of ether oxygens (including phenoxy) is 2. The molecule has 3 heteroatoms. The van der Waals surface area contributed by atoms with E-state index in [1.165, 1.54) is 10.4 Å². The third-order valence-corrected chi connectivity index (χ3v) is 7.64. The maximum Gasteiger partial charge on any atom is 0.164 e. The standard InChI is InChI=1S/C18H20O2Si/c1-5-21(6-2,17-11-7-15(19-3)8-12-17)18-13-9-16(20-4)10-14-18/h5-14H,1-2H2,3-4H3. The summed E-state index contributed by atoms with van der Waals surface area (Å²) in [6.45, 7) is 8.14. The van der Waals surface area contributed by atoms with Crippen LogP contribution >= 0.6 is 0 Å². The summed E-state index contributed by atoms with van der Waals surface area (Å²) in [4.78, 5) is 0. The Morgan fingerprint density at radius 1 is 0.714 bits per heavy atom. The van der Waals surface area contributed by atoms with Gasteiger partial charge in [0.05, 0.1) is 14.2 Å². The average molecular weight is 296 g/mol. The summed E-state index contributed by atoms with van der Waals surface area (Å²) in [6.07, 6.45) is 0. The Bertz CT molecular complexity index is 557. The molecule has 0 bridgehead atoms. The Kier molecular flexibility index (Phi) is 4.65. The minimum Gasteiger partial charge on any atom is -0.497 e. The van der Waals surface area contributed by atoms with Crippen LogP contribution in [0.3, 0.4) is 0 Å². The molecular formula is C18H20O2Si. The van der Waals surface area contributed by atoms with Gasteiger partial charge in [-0.3, -0.25) is 0 Å². The molecule has 0 spiro atoms. The molecule has 0 aromatic heterocycles. The van der Waals surface area contributed by atoms with Crippen LogP contribution in [0, 0.1) is 0 Å². The molecule has 2 rings (SSSR count). The number of rotatable bonds is 6. The van der Waals surface area contributed by atoms with E-state index in [-0.39, 0.29) is 0 Å². The molecule has 0 amide bonds. The van der Waals surface area contributed by atoms with Gasteiger partial charge in [0.15, 0.2) is 8.07 Å². The summed E-state index contributed by atoms with van der Waals surface area (Å²) in [6, 6.07) is 16.3. The van der Waals surface area contributed by atoms with Crippen LogP contribution in [-0.2, 0) is 0 Å². The number of benzene rings is 2. The zero-order chi connectivity index (χ0) is 15.3. The molecule has 108 valence electrons. The molecule has 0 saturated heterocycles. The molecule has 0 aliphatic rings. The summed E-state index contributed by atoms with van der Waals surface area (Å²) in [5.41, 5.74) is 4.09. The van der Waals surface area contributed by atoms with Gasteiger partial charge < -0.3 is 9.47 Å². The maximum absolute atomic E-state index is 5.23. The van der Waals surface area contributed by atoms with Crippen LogP contribution < -0.4 is 19.8 Å². The Balaban J connectivity index is 2.52. The largest absolute Gasteiger partial charge is 0.497 e. The quantitative estimate of drug-likeness (QED) is 0.763. The first kappa shape index (κ1) is 15.1. The van der Waals surface area contributed by atoms with Gasteiger partial charge in [0, 0.05) is 0 Å². The van der Waals surface area contributed by atoms with Gasteiger partial charge in [-0.2, -0.15) is 0 Å². The fraction of sp³-hybridized carbons (Fsp3) is 0.111. The van der Waals surface area contributed by atoms with Crippen molar-refractivity contribution in [2.45, 2.75) is 0 Å². The molecule has 0 atom stereocenters. The fourth-order valence-corrected chi connectivity index (χ4v) is 5.33. The van der Waals surface area contributed by atoms with E-state index in [1.54, 1.807) is 14.2 Å². The second-order valence-electron chi connectivity index (χ2n) is 4.73. The monoisotopic (exact) mass is 296 g/mol. The molecule has 21 heavy (non-hydrogen) atoms. The highest BCUT2D eigenvalue weighted by atomic mass is 28.3. The normalized spacial score (nSPS) is 10.8. The second kappa shape index (κ2) is 6.46. The second-order valence-corrected chi connectivity index (χ2v) is 8.44. The lowest BCUT2D eigenvalue weighted by Gasteiger charge is -2.26. The van der Waals surface area contributed by atoms with Crippen molar-refractivity contribution in [3.05, 3.63) is 73.1 Å². The molecule has 0 radical (unpaired) electrons. The highest BCUT2D eigenvalue weighted by Gasteiger charge is 2.30. The lowest BCUT2D eigenvalue weighted by Crippen LogP contribution is -2.55. The van der Waals surface area contributed by atoms with Gasteiger partial charge in [-0.1, -0.05) is 35.7 Å². The Morgan fingerprint density at radius 2 is 1.05 bits per heavy atom. The lowest BCUT2D eigenvalue weighted by molar-refractivity contribution is 0.415. The summed E-state index contributed by atoms with van der Waals surface area (Å²) in [5, 5.41) is 2.47. The molecule has 0 N–H and O–H groups in total. The topological polar surface area (TPSA) is 18.5 Å². The van der Waals surface area contributed by atoms with Gasteiger partial charge in [-0.05, 0) is 34.6 Å². The van der Waals surface area contributed by atoms with E-state index in [9.17, 15) is 0 Å². The predicted octanol–water partition coefficient (Wildman–Crippen LogP) is 2.72. The molecule has 0 unspecified atom stereocenters. The lowest BCUT2D eigenvalue weighted by atomic mass is 10.3. The van der Waals surface area contributed by atoms with E-state index >= 15 is 0 Å². The van der Waals surface area contributed by atoms with Gasteiger partial charge in [0.1, 0.15) is 11.5 Å². The van der Waals surface area contributed by atoms with Gasteiger partial charge in [-0.15, -0.1) is 13.2 Å². The van der Waals surface area contributed by atoms with Gasteiger partial charge in [-0.25, -0.2) is 0 Å². The Morgan fingerprint density at radius 3 is 1.29 bits per heavy atom.